The van der Waals surface area contributed by atoms with Crippen LogP contribution in [-0.4, -0.2) is 37.5 Å². The van der Waals surface area contributed by atoms with Crippen LogP contribution < -0.4 is 0 Å². The molecule has 1 fully saturated rings. The van der Waals surface area contributed by atoms with Crippen molar-refractivity contribution in [1.29, 1.82) is 0 Å². The lowest BCUT2D eigenvalue weighted by molar-refractivity contribution is -0.153. The molecule has 0 aromatic rings. The van der Waals surface area contributed by atoms with Crippen LogP contribution in [0.15, 0.2) is 0 Å². The molecule has 1 heterocycles. The van der Waals surface area contributed by atoms with Crippen molar-refractivity contribution in [2.45, 2.75) is 12.8 Å². The zero-order valence-electron chi connectivity index (χ0n) is 7.37. The van der Waals surface area contributed by atoms with Crippen LogP contribution in [0.3, 0.4) is 0 Å². The first kappa shape index (κ1) is 9.19. The number of ether oxygens (including phenoxy) is 1. The fourth-order valence-corrected chi connectivity index (χ4v) is 1.16. The van der Waals surface area contributed by atoms with Gasteiger partial charge in [0.25, 0.3) is 0 Å². The molecule has 0 saturated carbocycles. The summed E-state index contributed by atoms with van der Waals surface area (Å²) in [5.74, 6) is -0.953. The molecular formula is C8H13NO3. The van der Waals surface area contributed by atoms with Crippen LogP contribution in [0.2, 0.25) is 0 Å². The Hall–Kier alpha value is -0.900. The summed E-state index contributed by atoms with van der Waals surface area (Å²) >= 11 is 0. The highest BCUT2D eigenvalue weighted by atomic mass is 16.6. The Labute approximate surface area is 71.5 Å². The third-order valence-electron chi connectivity index (χ3n) is 1.89. The number of nitrogens with zero attached hydrogens (tertiary/aromatic N) is 1. The van der Waals surface area contributed by atoms with Crippen LogP contribution >= 0.6 is 0 Å². The molecule has 0 amide bonds. The molecule has 0 N–H and O–H groups in total. The molecule has 0 aliphatic carbocycles. The van der Waals surface area contributed by atoms with E-state index in [9.17, 15) is 9.59 Å². The minimum Gasteiger partial charge on any atom is -0.393 e. The first-order valence-electron chi connectivity index (χ1n) is 3.99. The molecule has 4 nitrogen and oxygen atoms in total. The van der Waals surface area contributed by atoms with E-state index in [0.717, 1.165) is 6.54 Å². The van der Waals surface area contributed by atoms with Crippen molar-refractivity contribution in [3.63, 3.8) is 0 Å². The third kappa shape index (κ3) is 2.30. The van der Waals surface area contributed by atoms with Gasteiger partial charge in [0.2, 0.25) is 0 Å². The van der Waals surface area contributed by atoms with Gasteiger partial charge in [0.05, 0.1) is 12.3 Å². The summed E-state index contributed by atoms with van der Waals surface area (Å²) < 4.78 is 4.41. The second-order valence-electron chi connectivity index (χ2n) is 3.29. The summed E-state index contributed by atoms with van der Waals surface area (Å²) in [6.45, 7) is 0.813. The Kier molecular flexibility index (Phi) is 2.81. The van der Waals surface area contributed by atoms with E-state index in [0.29, 0.717) is 6.42 Å². The second kappa shape index (κ2) is 3.67. The second-order valence-corrected chi connectivity index (χ2v) is 3.29. The number of carbonyl (C=O) groups excluding carboxylic acids is 2. The van der Waals surface area contributed by atoms with Gasteiger partial charge in [-0.3, -0.25) is 9.59 Å². The van der Waals surface area contributed by atoms with Crippen molar-refractivity contribution < 1.29 is 14.3 Å². The standard InChI is InChI=1S/C8H13NO3/c1-9(2)4-3-6-5-7(10)12-8(6)11/h6H,3-5H2,1-2H3. The van der Waals surface area contributed by atoms with Gasteiger partial charge in [-0.1, -0.05) is 0 Å². The van der Waals surface area contributed by atoms with Crippen LogP contribution in [0, 0.1) is 5.92 Å². The monoisotopic (exact) mass is 171 g/mol. The van der Waals surface area contributed by atoms with Gasteiger partial charge in [0, 0.05) is 0 Å². The molecule has 1 aliphatic rings. The average Bonchev–Trinajstić information content (AvgIpc) is 2.26. The van der Waals surface area contributed by atoms with E-state index in [1.165, 1.54) is 0 Å². The molecule has 4 heteroatoms. The molecular weight excluding hydrogens is 158 g/mol. The molecule has 0 bridgehead atoms. The summed E-state index contributed by atoms with van der Waals surface area (Å²) in [5, 5.41) is 0. The van der Waals surface area contributed by atoms with Crippen molar-refractivity contribution in [2.24, 2.45) is 5.92 Å². The van der Waals surface area contributed by atoms with E-state index < -0.39 is 0 Å². The Bertz CT molecular complexity index is 200. The van der Waals surface area contributed by atoms with Crippen LogP contribution in [0.5, 0.6) is 0 Å². The fourth-order valence-electron chi connectivity index (χ4n) is 1.16. The molecule has 0 aromatic heterocycles. The normalized spacial score (nSPS) is 23.4. The van der Waals surface area contributed by atoms with Crippen molar-refractivity contribution in [1.82, 2.24) is 4.90 Å². The predicted molar refractivity (Wildman–Crippen MR) is 42.4 cm³/mol. The molecule has 1 saturated heterocycles. The zero-order valence-corrected chi connectivity index (χ0v) is 7.37. The lowest BCUT2D eigenvalue weighted by Crippen LogP contribution is -2.18. The lowest BCUT2D eigenvalue weighted by atomic mass is 10.0. The summed E-state index contributed by atoms with van der Waals surface area (Å²) in [5.41, 5.74) is 0. The molecule has 1 unspecified atom stereocenters. The number of cyclic esters (lactones) is 2. The maximum absolute atomic E-state index is 10.9. The zero-order chi connectivity index (χ0) is 9.14. The van der Waals surface area contributed by atoms with Gasteiger partial charge in [-0.05, 0) is 27.1 Å². The maximum Gasteiger partial charge on any atom is 0.317 e. The first-order chi connectivity index (χ1) is 5.59. The number of hydrogen-bond acceptors (Lipinski definition) is 4. The molecule has 68 valence electrons. The number of rotatable bonds is 3. The SMILES string of the molecule is CN(C)CCC1CC(=O)OC1=O. The highest BCUT2D eigenvalue weighted by molar-refractivity contribution is 5.94. The van der Waals surface area contributed by atoms with Gasteiger partial charge < -0.3 is 9.64 Å². The van der Waals surface area contributed by atoms with Crippen LogP contribution in [-0.2, 0) is 14.3 Å². The topological polar surface area (TPSA) is 46.6 Å². The smallest absolute Gasteiger partial charge is 0.317 e. The Morgan fingerprint density at radius 3 is 2.58 bits per heavy atom. The van der Waals surface area contributed by atoms with E-state index in [1.54, 1.807) is 0 Å². The quantitative estimate of drug-likeness (QED) is 0.444. The van der Waals surface area contributed by atoms with E-state index in [1.807, 2.05) is 19.0 Å². The average molecular weight is 171 g/mol. The Balaban J connectivity index is 2.33. The number of esters is 2. The van der Waals surface area contributed by atoms with Gasteiger partial charge in [-0.25, -0.2) is 0 Å². The van der Waals surface area contributed by atoms with Crippen LogP contribution in [0.4, 0.5) is 0 Å². The van der Waals surface area contributed by atoms with E-state index in [-0.39, 0.29) is 24.3 Å². The minimum atomic E-state index is -0.385. The lowest BCUT2D eigenvalue weighted by Gasteiger charge is -2.10. The summed E-state index contributed by atoms with van der Waals surface area (Å²) in [4.78, 5) is 23.6. The van der Waals surface area contributed by atoms with Gasteiger partial charge in [0.1, 0.15) is 0 Å². The van der Waals surface area contributed by atoms with Crippen LogP contribution in [0.1, 0.15) is 12.8 Å². The highest BCUT2D eigenvalue weighted by Gasteiger charge is 2.32. The molecule has 0 radical (unpaired) electrons. The van der Waals surface area contributed by atoms with Crippen molar-refractivity contribution in [3.8, 4) is 0 Å². The summed E-state index contributed by atoms with van der Waals surface area (Å²) in [6.07, 6.45) is 0.963. The number of carbonyl (C=O) groups is 2. The first-order valence-corrected chi connectivity index (χ1v) is 3.99. The third-order valence-corrected chi connectivity index (χ3v) is 1.89. The summed E-state index contributed by atoms with van der Waals surface area (Å²) in [6, 6.07) is 0. The van der Waals surface area contributed by atoms with Gasteiger partial charge in [-0.2, -0.15) is 0 Å². The van der Waals surface area contributed by atoms with Crippen molar-refractivity contribution in [2.75, 3.05) is 20.6 Å². The van der Waals surface area contributed by atoms with Crippen molar-refractivity contribution >= 4 is 11.9 Å². The van der Waals surface area contributed by atoms with Crippen LogP contribution in [0.25, 0.3) is 0 Å². The predicted octanol–water partition coefficient (Wildman–Crippen LogP) is 0.0278. The molecule has 12 heavy (non-hydrogen) atoms. The van der Waals surface area contributed by atoms with E-state index in [2.05, 4.69) is 4.74 Å². The number of hydrogen-bond donors (Lipinski definition) is 0. The van der Waals surface area contributed by atoms with E-state index >= 15 is 0 Å². The highest BCUT2D eigenvalue weighted by Crippen LogP contribution is 2.19. The largest absolute Gasteiger partial charge is 0.393 e. The van der Waals surface area contributed by atoms with Gasteiger partial charge in [0.15, 0.2) is 0 Å². The van der Waals surface area contributed by atoms with Gasteiger partial charge in [-0.15, -0.1) is 0 Å². The van der Waals surface area contributed by atoms with Crippen molar-refractivity contribution in [3.05, 3.63) is 0 Å². The van der Waals surface area contributed by atoms with Gasteiger partial charge >= 0.3 is 11.9 Å². The fraction of sp³-hybridized carbons (Fsp3) is 0.750. The molecule has 1 aliphatic heterocycles. The van der Waals surface area contributed by atoms with E-state index in [4.69, 9.17) is 0 Å². The molecule has 1 atom stereocenters. The molecule has 1 rings (SSSR count). The molecule has 0 spiro atoms. The minimum absolute atomic E-state index is 0.208. The molecule has 0 aromatic carbocycles. The Morgan fingerprint density at radius 1 is 1.50 bits per heavy atom. The Morgan fingerprint density at radius 2 is 2.17 bits per heavy atom. The maximum atomic E-state index is 10.9. The summed E-state index contributed by atoms with van der Waals surface area (Å²) in [7, 11) is 3.87.